The number of hydrogen-bond donors (Lipinski definition) is 3. The van der Waals surface area contributed by atoms with Crippen molar-refractivity contribution in [1.82, 2.24) is 5.32 Å². The van der Waals surface area contributed by atoms with Crippen LogP contribution in [-0.2, 0) is 4.79 Å². The lowest BCUT2D eigenvalue weighted by Gasteiger charge is -2.19. The van der Waals surface area contributed by atoms with E-state index in [2.05, 4.69) is 141 Å². The number of carbonyl (C=O) groups excluding carboxylic acids is 1. The van der Waals surface area contributed by atoms with E-state index in [1.807, 2.05) is 6.08 Å². The van der Waals surface area contributed by atoms with Crippen LogP contribution in [0.25, 0.3) is 0 Å². The van der Waals surface area contributed by atoms with E-state index in [9.17, 15) is 15.0 Å². The van der Waals surface area contributed by atoms with Gasteiger partial charge in [-0.15, -0.1) is 0 Å². The quantitative estimate of drug-likeness (QED) is 0.0433. The van der Waals surface area contributed by atoms with Crippen molar-refractivity contribution < 1.29 is 15.0 Å². The summed E-state index contributed by atoms with van der Waals surface area (Å²) in [6.45, 7) is 4.11. The fraction of sp³-hybridized carbons (Fsp3) is 0.558. The molecule has 2 unspecified atom stereocenters. The molecule has 0 saturated heterocycles. The molecule has 4 heteroatoms. The molecule has 0 bridgehead atoms. The second kappa shape index (κ2) is 45.9. The van der Waals surface area contributed by atoms with Gasteiger partial charge in [-0.2, -0.15) is 0 Å². The minimum atomic E-state index is -0.885. The molecule has 0 saturated carbocycles. The van der Waals surface area contributed by atoms with Gasteiger partial charge in [-0.25, -0.2) is 0 Å². The van der Waals surface area contributed by atoms with E-state index < -0.39 is 12.1 Å². The first-order chi connectivity index (χ1) is 27.7. The van der Waals surface area contributed by atoms with Gasteiger partial charge < -0.3 is 15.5 Å². The molecular formula is C52H83NO3. The second-order valence-electron chi connectivity index (χ2n) is 14.4. The summed E-state index contributed by atoms with van der Waals surface area (Å²) in [4.78, 5) is 12.4. The minimum absolute atomic E-state index is 0.101. The third kappa shape index (κ3) is 41.7. The first kappa shape index (κ1) is 52.5. The maximum absolute atomic E-state index is 12.4. The van der Waals surface area contributed by atoms with Gasteiger partial charge in [0.1, 0.15) is 0 Å². The van der Waals surface area contributed by atoms with Gasteiger partial charge in [0.15, 0.2) is 0 Å². The van der Waals surface area contributed by atoms with Crippen molar-refractivity contribution in [2.75, 3.05) is 6.61 Å². The lowest BCUT2D eigenvalue weighted by atomic mass is 10.1. The Balaban J connectivity index is 3.73. The standard InChI is InChI=1S/C52H83NO3/c1-3-5-7-9-11-13-15-17-18-19-20-21-22-23-24-25-26-27-28-29-30-31-32-33-34-36-38-40-42-44-46-48-52(56)53-50(49-54)51(55)47-45-43-41-39-37-35-16-14-12-10-8-6-4-2/h5,7,11-14,17-18,20-21,23-24,26-27,29-30,32-33,37,39,45,47,50-51,54-55H,3-4,6,8-10,15-16,19,22,25,28,31,34-36,38,40-44,46,48-49H2,1-2H3,(H,53,56)/b7-5-,13-11-,14-12+,18-17-,21-20-,24-23-,27-26-,30-29-,33-32-,39-37+,47-45+. The molecule has 0 heterocycles. The van der Waals surface area contributed by atoms with Gasteiger partial charge in [-0.3, -0.25) is 4.79 Å². The summed E-state index contributed by atoms with van der Waals surface area (Å²) in [5.41, 5.74) is 0. The number of aliphatic hydroxyl groups excluding tert-OH is 2. The number of aliphatic hydroxyl groups is 2. The number of carbonyl (C=O) groups is 1. The molecule has 1 amide bonds. The molecule has 0 rings (SSSR count). The van der Waals surface area contributed by atoms with Crippen LogP contribution in [0.15, 0.2) is 134 Å². The van der Waals surface area contributed by atoms with Crippen LogP contribution in [0.4, 0.5) is 0 Å². The van der Waals surface area contributed by atoms with Crippen molar-refractivity contribution >= 4 is 5.91 Å². The van der Waals surface area contributed by atoms with Gasteiger partial charge >= 0.3 is 0 Å². The van der Waals surface area contributed by atoms with Gasteiger partial charge in [0.2, 0.25) is 5.91 Å². The average Bonchev–Trinajstić information content (AvgIpc) is 3.20. The van der Waals surface area contributed by atoms with Crippen molar-refractivity contribution in [2.24, 2.45) is 0 Å². The zero-order valence-corrected chi connectivity index (χ0v) is 35.8. The van der Waals surface area contributed by atoms with Crippen LogP contribution in [0.2, 0.25) is 0 Å². The smallest absolute Gasteiger partial charge is 0.220 e. The molecule has 314 valence electrons. The lowest BCUT2D eigenvalue weighted by molar-refractivity contribution is -0.123. The molecule has 56 heavy (non-hydrogen) atoms. The molecule has 3 N–H and O–H groups in total. The summed E-state index contributed by atoms with van der Waals surface area (Å²) >= 11 is 0. The number of amides is 1. The minimum Gasteiger partial charge on any atom is -0.394 e. The van der Waals surface area contributed by atoms with E-state index >= 15 is 0 Å². The molecule has 0 aliphatic heterocycles. The number of rotatable bonds is 38. The Morgan fingerprint density at radius 3 is 1.25 bits per heavy atom. The summed E-state index contributed by atoms with van der Waals surface area (Å²) in [5, 5.41) is 22.9. The Bertz CT molecular complexity index is 1190. The Morgan fingerprint density at radius 1 is 0.446 bits per heavy atom. The monoisotopic (exact) mass is 770 g/mol. The van der Waals surface area contributed by atoms with Crippen molar-refractivity contribution in [2.45, 2.75) is 180 Å². The molecule has 4 nitrogen and oxygen atoms in total. The summed E-state index contributed by atoms with van der Waals surface area (Å²) < 4.78 is 0. The van der Waals surface area contributed by atoms with Gasteiger partial charge in [-0.05, 0) is 109 Å². The molecule has 0 aromatic carbocycles. The molecule has 0 fully saturated rings. The van der Waals surface area contributed by atoms with E-state index in [1.165, 1.54) is 44.9 Å². The van der Waals surface area contributed by atoms with Crippen molar-refractivity contribution in [3.05, 3.63) is 134 Å². The van der Waals surface area contributed by atoms with Crippen LogP contribution in [0.1, 0.15) is 168 Å². The molecule has 2 atom stereocenters. The molecule has 0 aliphatic carbocycles. The molecule has 0 aromatic rings. The van der Waals surface area contributed by atoms with Crippen molar-refractivity contribution in [3.63, 3.8) is 0 Å². The van der Waals surface area contributed by atoms with Gasteiger partial charge in [0.25, 0.3) is 0 Å². The van der Waals surface area contributed by atoms with Crippen LogP contribution in [-0.4, -0.2) is 34.9 Å². The van der Waals surface area contributed by atoms with Gasteiger partial charge in [0.05, 0.1) is 18.8 Å². The topological polar surface area (TPSA) is 69.6 Å². The van der Waals surface area contributed by atoms with E-state index in [0.717, 1.165) is 103 Å². The van der Waals surface area contributed by atoms with E-state index in [4.69, 9.17) is 0 Å². The molecule has 0 spiro atoms. The van der Waals surface area contributed by atoms with Crippen molar-refractivity contribution in [3.8, 4) is 0 Å². The normalized spacial score (nSPS) is 14.3. The fourth-order valence-electron chi connectivity index (χ4n) is 5.69. The largest absolute Gasteiger partial charge is 0.394 e. The van der Waals surface area contributed by atoms with Crippen LogP contribution in [0.3, 0.4) is 0 Å². The van der Waals surface area contributed by atoms with Crippen LogP contribution in [0.5, 0.6) is 0 Å². The predicted molar refractivity (Wildman–Crippen MR) is 248 cm³/mol. The summed E-state index contributed by atoms with van der Waals surface area (Å²) in [5.74, 6) is -0.101. The van der Waals surface area contributed by atoms with E-state index in [-0.39, 0.29) is 12.5 Å². The highest BCUT2D eigenvalue weighted by Crippen LogP contribution is 2.10. The molecule has 0 aromatic heterocycles. The lowest BCUT2D eigenvalue weighted by Crippen LogP contribution is -2.45. The van der Waals surface area contributed by atoms with Crippen molar-refractivity contribution in [1.29, 1.82) is 0 Å². The second-order valence-corrected chi connectivity index (χ2v) is 14.4. The Labute approximate surface area is 345 Å². The first-order valence-electron chi connectivity index (χ1n) is 22.4. The number of nitrogens with one attached hydrogen (secondary N) is 1. The molecule has 0 aliphatic rings. The third-order valence-electron chi connectivity index (χ3n) is 9.10. The summed E-state index contributed by atoms with van der Waals surface area (Å²) in [6, 6.07) is -0.662. The zero-order chi connectivity index (χ0) is 40.7. The third-order valence-corrected chi connectivity index (χ3v) is 9.10. The highest BCUT2D eigenvalue weighted by molar-refractivity contribution is 5.76. The Morgan fingerprint density at radius 2 is 0.804 bits per heavy atom. The first-order valence-corrected chi connectivity index (χ1v) is 22.4. The Kier molecular flexibility index (Phi) is 43.1. The number of unbranched alkanes of at least 4 members (excludes halogenated alkanes) is 11. The maximum Gasteiger partial charge on any atom is 0.220 e. The van der Waals surface area contributed by atoms with Crippen LogP contribution >= 0.6 is 0 Å². The maximum atomic E-state index is 12.4. The van der Waals surface area contributed by atoms with Crippen LogP contribution < -0.4 is 5.32 Å². The number of allylic oxidation sites excluding steroid dienone is 21. The van der Waals surface area contributed by atoms with Crippen LogP contribution in [0, 0.1) is 0 Å². The van der Waals surface area contributed by atoms with Gasteiger partial charge in [-0.1, -0.05) is 186 Å². The molecule has 0 radical (unpaired) electrons. The summed E-state index contributed by atoms with van der Waals surface area (Å²) in [6.07, 6.45) is 72.7. The summed E-state index contributed by atoms with van der Waals surface area (Å²) in [7, 11) is 0. The van der Waals surface area contributed by atoms with E-state index in [1.54, 1.807) is 6.08 Å². The predicted octanol–water partition coefficient (Wildman–Crippen LogP) is 14.3. The highest BCUT2D eigenvalue weighted by atomic mass is 16.3. The fourth-order valence-corrected chi connectivity index (χ4v) is 5.69. The van der Waals surface area contributed by atoms with Gasteiger partial charge in [0, 0.05) is 6.42 Å². The Hall–Kier alpha value is -3.47. The SMILES string of the molecule is CC/C=C\C/C=C\C/C=C\C/C=C\C/C=C\C/C=C\C/C=C\C/C=C\CCCCCCCCC(=O)NC(CO)C(O)/C=C/CC/C=C/CC/C=C/CCCCC. The zero-order valence-electron chi connectivity index (χ0n) is 35.8. The van der Waals surface area contributed by atoms with E-state index in [0.29, 0.717) is 6.42 Å². The number of hydrogen-bond acceptors (Lipinski definition) is 3. The molecular weight excluding hydrogens is 687 g/mol. The highest BCUT2D eigenvalue weighted by Gasteiger charge is 2.17. The average molecular weight is 770 g/mol.